The maximum atomic E-state index is 5.85. The second-order valence-corrected chi connectivity index (χ2v) is 4.49. The van der Waals surface area contributed by atoms with Crippen LogP contribution in [0.3, 0.4) is 0 Å². The molecule has 17 heavy (non-hydrogen) atoms. The van der Waals surface area contributed by atoms with Gasteiger partial charge >= 0.3 is 6.01 Å². The van der Waals surface area contributed by atoms with Gasteiger partial charge in [0.25, 0.3) is 0 Å². The Morgan fingerprint density at radius 3 is 2.59 bits per heavy atom. The summed E-state index contributed by atoms with van der Waals surface area (Å²) in [6, 6.07) is 2.51. The van der Waals surface area contributed by atoms with Crippen molar-refractivity contribution in [1.82, 2.24) is 9.97 Å². The van der Waals surface area contributed by atoms with Gasteiger partial charge in [0.1, 0.15) is 6.10 Å². The van der Waals surface area contributed by atoms with Crippen LogP contribution >= 0.6 is 0 Å². The monoisotopic (exact) mass is 237 g/mol. The fourth-order valence-corrected chi connectivity index (χ4v) is 2.03. The van der Waals surface area contributed by atoms with Crippen molar-refractivity contribution in [2.45, 2.75) is 44.8 Å². The molecule has 5 nitrogen and oxygen atoms in total. The van der Waals surface area contributed by atoms with Crippen LogP contribution in [0.25, 0.3) is 0 Å². The van der Waals surface area contributed by atoms with Gasteiger partial charge in [0, 0.05) is 17.8 Å². The highest BCUT2D eigenvalue weighted by molar-refractivity contribution is 5.17. The lowest BCUT2D eigenvalue weighted by Crippen LogP contribution is -2.32. The number of ether oxygens (including phenoxy) is 2. The highest BCUT2D eigenvalue weighted by atomic mass is 16.5. The third kappa shape index (κ3) is 3.30. The minimum Gasteiger partial charge on any atom is -0.481 e. The number of aromatic nitrogens is 2. The molecule has 0 unspecified atom stereocenters. The molecule has 94 valence electrons. The quantitative estimate of drug-likeness (QED) is 0.861. The summed E-state index contributed by atoms with van der Waals surface area (Å²) in [4.78, 5) is 8.43. The molecule has 0 atom stereocenters. The summed E-state index contributed by atoms with van der Waals surface area (Å²) in [6.07, 6.45) is 4.14. The highest BCUT2D eigenvalue weighted by Crippen LogP contribution is 2.22. The number of nitrogens with zero attached hydrogens (tertiary/aromatic N) is 2. The van der Waals surface area contributed by atoms with Crippen LogP contribution in [0.15, 0.2) is 6.07 Å². The summed E-state index contributed by atoms with van der Waals surface area (Å²) in [6.45, 7) is 1.90. The van der Waals surface area contributed by atoms with Crippen LogP contribution < -0.4 is 15.2 Å². The first-order valence-electron chi connectivity index (χ1n) is 5.99. The third-order valence-corrected chi connectivity index (χ3v) is 3.01. The van der Waals surface area contributed by atoms with E-state index in [-0.39, 0.29) is 6.10 Å². The molecule has 0 aliphatic heterocycles. The van der Waals surface area contributed by atoms with E-state index in [2.05, 4.69) is 9.97 Å². The van der Waals surface area contributed by atoms with E-state index in [4.69, 9.17) is 15.2 Å². The Labute approximate surface area is 101 Å². The average molecular weight is 237 g/mol. The van der Waals surface area contributed by atoms with Crippen molar-refractivity contribution >= 4 is 0 Å². The average Bonchev–Trinajstić information content (AvgIpc) is 2.31. The molecular formula is C12H19N3O2. The molecule has 0 saturated heterocycles. The van der Waals surface area contributed by atoms with Crippen molar-refractivity contribution in [3.63, 3.8) is 0 Å². The first-order valence-corrected chi connectivity index (χ1v) is 5.99. The van der Waals surface area contributed by atoms with Gasteiger partial charge in [0.15, 0.2) is 0 Å². The van der Waals surface area contributed by atoms with Crippen LogP contribution in [0.5, 0.6) is 11.9 Å². The molecule has 0 aromatic carbocycles. The van der Waals surface area contributed by atoms with Crippen LogP contribution in [0.4, 0.5) is 0 Å². The molecule has 0 bridgehead atoms. The van der Waals surface area contributed by atoms with E-state index in [1.54, 1.807) is 13.2 Å². The predicted octanol–water partition coefficient (Wildman–Crippen LogP) is 1.44. The van der Waals surface area contributed by atoms with Gasteiger partial charge in [0.2, 0.25) is 5.88 Å². The Morgan fingerprint density at radius 1 is 1.24 bits per heavy atom. The molecular weight excluding hydrogens is 218 g/mol. The molecule has 0 amide bonds. The van der Waals surface area contributed by atoms with Gasteiger partial charge in [-0.3, -0.25) is 0 Å². The molecule has 1 heterocycles. The van der Waals surface area contributed by atoms with Crippen molar-refractivity contribution in [2.24, 2.45) is 5.73 Å². The summed E-state index contributed by atoms with van der Waals surface area (Å²) < 4.78 is 10.9. The van der Waals surface area contributed by atoms with E-state index in [0.29, 0.717) is 17.9 Å². The van der Waals surface area contributed by atoms with E-state index < -0.39 is 0 Å². The fourth-order valence-electron chi connectivity index (χ4n) is 2.03. The van der Waals surface area contributed by atoms with Gasteiger partial charge in [-0.2, -0.15) is 4.98 Å². The van der Waals surface area contributed by atoms with Crippen molar-refractivity contribution in [2.75, 3.05) is 7.11 Å². The van der Waals surface area contributed by atoms with Crippen molar-refractivity contribution in [1.29, 1.82) is 0 Å². The lowest BCUT2D eigenvalue weighted by molar-refractivity contribution is 0.133. The number of nitrogens with two attached hydrogens (primary N) is 1. The molecule has 1 aromatic rings. The molecule has 2 N–H and O–H groups in total. The van der Waals surface area contributed by atoms with Gasteiger partial charge in [-0.15, -0.1) is 0 Å². The SMILES string of the molecule is COc1cc(C)nc(OC2CCC(N)CC2)n1. The summed E-state index contributed by atoms with van der Waals surface area (Å²) in [5, 5.41) is 0. The summed E-state index contributed by atoms with van der Waals surface area (Å²) in [7, 11) is 1.59. The van der Waals surface area contributed by atoms with E-state index in [0.717, 1.165) is 31.4 Å². The van der Waals surface area contributed by atoms with E-state index >= 15 is 0 Å². The van der Waals surface area contributed by atoms with Crippen molar-refractivity contribution in [3.05, 3.63) is 11.8 Å². The number of hydrogen-bond donors (Lipinski definition) is 1. The largest absolute Gasteiger partial charge is 0.481 e. The predicted molar refractivity (Wildman–Crippen MR) is 64.2 cm³/mol. The molecule has 0 radical (unpaired) electrons. The van der Waals surface area contributed by atoms with Crippen LogP contribution in [-0.4, -0.2) is 29.2 Å². The van der Waals surface area contributed by atoms with E-state index in [1.807, 2.05) is 6.92 Å². The lowest BCUT2D eigenvalue weighted by atomic mass is 9.94. The summed E-state index contributed by atoms with van der Waals surface area (Å²) >= 11 is 0. The molecule has 1 aliphatic carbocycles. The second kappa shape index (κ2) is 5.31. The maximum absolute atomic E-state index is 5.85. The molecule has 1 aromatic heterocycles. The Morgan fingerprint density at radius 2 is 1.94 bits per heavy atom. The molecule has 1 fully saturated rings. The summed E-state index contributed by atoms with van der Waals surface area (Å²) in [5.41, 5.74) is 6.70. The van der Waals surface area contributed by atoms with Crippen molar-refractivity contribution in [3.8, 4) is 11.9 Å². The first-order chi connectivity index (χ1) is 8.17. The Hall–Kier alpha value is -1.36. The van der Waals surface area contributed by atoms with Gasteiger partial charge in [-0.25, -0.2) is 4.98 Å². The van der Waals surface area contributed by atoms with E-state index in [9.17, 15) is 0 Å². The van der Waals surface area contributed by atoms with Gasteiger partial charge in [-0.05, 0) is 32.6 Å². The Bertz CT molecular complexity index is 376. The maximum Gasteiger partial charge on any atom is 0.320 e. The number of aryl methyl sites for hydroxylation is 1. The zero-order chi connectivity index (χ0) is 12.3. The molecule has 2 rings (SSSR count). The minimum atomic E-state index is 0.182. The molecule has 5 heteroatoms. The topological polar surface area (TPSA) is 70.3 Å². The molecule has 0 spiro atoms. The Kier molecular flexibility index (Phi) is 3.78. The van der Waals surface area contributed by atoms with Crippen LogP contribution in [0.2, 0.25) is 0 Å². The van der Waals surface area contributed by atoms with Crippen molar-refractivity contribution < 1.29 is 9.47 Å². The summed E-state index contributed by atoms with van der Waals surface area (Å²) in [5.74, 6) is 0.542. The normalized spacial score (nSPS) is 24.4. The van der Waals surface area contributed by atoms with Crippen LogP contribution in [0.1, 0.15) is 31.4 Å². The third-order valence-electron chi connectivity index (χ3n) is 3.01. The smallest absolute Gasteiger partial charge is 0.320 e. The second-order valence-electron chi connectivity index (χ2n) is 4.49. The Balaban J connectivity index is 2.00. The zero-order valence-corrected chi connectivity index (χ0v) is 10.3. The first kappa shape index (κ1) is 12.1. The zero-order valence-electron chi connectivity index (χ0n) is 10.3. The standard InChI is InChI=1S/C12H19N3O2/c1-8-7-11(16-2)15-12(14-8)17-10-5-3-9(13)4-6-10/h7,9-10H,3-6,13H2,1-2H3. The van der Waals surface area contributed by atoms with Crippen LogP contribution in [0, 0.1) is 6.92 Å². The van der Waals surface area contributed by atoms with Gasteiger partial charge in [0.05, 0.1) is 7.11 Å². The lowest BCUT2D eigenvalue weighted by Gasteiger charge is -2.25. The number of rotatable bonds is 3. The van der Waals surface area contributed by atoms with Gasteiger partial charge in [-0.1, -0.05) is 0 Å². The highest BCUT2D eigenvalue weighted by Gasteiger charge is 2.21. The van der Waals surface area contributed by atoms with Gasteiger partial charge < -0.3 is 15.2 Å². The molecule has 1 saturated carbocycles. The number of hydrogen-bond acceptors (Lipinski definition) is 5. The minimum absolute atomic E-state index is 0.182. The van der Waals surface area contributed by atoms with E-state index in [1.165, 1.54) is 0 Å². The fraction of sp³-hybridized carbons (Fsp3) is 0.667. The van der Waals surface area contributed by atoms with Crippen LogP contribution in [-0.2, 0) is 0 Å². The number of methoxy groups -OCH3 is 1. The molecule has 1 aliphatic rings.